The molecule has 4 rings (SSSR count). The molecule has 0 aliphatic rings. The lowest BCUT2D eigenvalue weighted by Gasteiger charge is -2.35. The second-order valence-corrected chi connectivity index (χ2v) is 16.3. The quantitative estimate of drug-likeness (QED) is 0.0609. The second kappa shape index (κ2) is 23.0. The molecule has 7 N–H and O–H groups in total. The van der Waals surface area contributed by atoms with E-state index < -0.39 is 65.4 Å². The summed E-state index contributed by atoms with van der Waals surface area (Å²) in [7, 11) is 4.50. The van der Waals surface area contributed by atoms with Crippen LogP contribution in [0.4, 0.5) is 4.79 Å². The standard InChI is InChI=1S/C47H61N5O10/c1-29(2)39(43(55)49-27-33-19-20-34(59-6)25-38(33)53)51-44(56)40(48-26-32-21-35(60-7)24-36(22-32)61-8)41(54)37(23-30-15-11-9-12-16-30)50-45(57)42(47(3,4)5)52-46(58)62-28-31-17-13-10-14-18-31/h9-22,24-25,29,37,39-42,48,53-54H,23,26-28H2,1-8H3,(H,49,55)(H,50,57)(H,51,56)(H,52,58)/t37-,39-,40+,41-,42+/m0/s1. The molecule has 0 aliphatic carbocycles. The highest BCUT2D eigenvalue weighted by molar-refractivity contribution is 5.91. The molecule has 62 heavy (non-hydrogen) atoms. The Morgan fingerprint density at radius 3 is 1.79 bits per heavy atom. The number of rotatable bonds is 21. The first kappa shape index (κ1) is 48.3. The number of aromatic hydroxyl groups is 1. The number of methoxy groups -OCH3 is 3. The zero-order valence-electron chi connectivity index (χ0n) is 36.7. The van der Waals surface area contributed by atoms with Gasteiger partial charge in [0.2, 0.25) is 17.7 Å². The number of ether oxygens (including phenoxy) is 4. The van der Waals surface area contributed by atoms with Crippen molar-refractivity contribution in [1.82, 2.24) is 26.6 Å². The van der Waals surface area contributed by atoms with E-state index in [9.17, 15) is 29.4 Å². The number of amides is 4. The summed E-state index contributed by atoms with van der Waals surface area (Å²) in [5.41, 5.74) is 1.78. The number of phenolic OH excluding ortho intramolecular Hbond substituents is 1. The van der Waals surface area contributed by atoms with Crippen molar-refractivity contribution in [1.29, 1.82) is 0 Å². The monoisotopic (exact) mass is 855 g/mol. The van der Waals surface area contributed by atoms with Crippen molar-refractivity contribution in [2.24, 2.45) is 11.3 Å². The normalized spacial score (nSPS) is 13.7. The summed E-state index contributed by atoms with van der Waals surface area (Å²) >= 11 is 0. The van der Waals surface area contributed by atoms with Gasteiger partial charge in [-0.15, -0.1) is 0 Å². The fraction of sp³-hybridized carbons (Fsp3) is 0.404. The van der Waals surface area contributed by atoms with Crippen LogP contribution in [0.15, 0.2) is 97.1 Å². The summed E-state index contributed by atoms with van der Waals surface area (Å²) < 4.78 is 21.5. The molecule has 4 aromatic rings. The van der Waals surface area contributed by atoms with Gasteiger partial charge < -0.3 is 50.4 Å². The second-order valence-electron chi connectivity index (χ2n) is 16.3. The lowest BCUT2D eigenvalue weighted by Crippen LogP contribution is -2.63. The minimum absolute atomic E-state index is 0.0124. The third-order valence-corrected chi connectivity index (χ3v) is 10.2. The maximum Gasteiger partial charge on any atom is 0.408 e. The largest absolute Gasteiger partial charge is 0.507 e. The van der Waals surface area contributed by atoms with E-state index in [0.29, 0.717) is 28.4 Å². The van der Waals surface area contributed by atoms with Gasteiger partial charge in [0.1, 0.15) is 47.7 Å². The van der Waals surface area contributed by atoms with Crippen LogP contribution >= 0.6 is 0 Å². The number of benzene rings is 4. The highest BCUT2D eigenvalue weighted by atomic mass is 16.5. The molecule has 0 saturated carbocycles. The van der Waals surface area contributed by atoms with Gasteiger partial charge in [-0.1, -0.05) is 95.3 Å². The van der Waals surface area contributed by atoms with E-state index in [1.54, 1.807) is 65.0 Å². The van der Waals surface area contributed by atoms with Crippen molar-refractivity contribution in [2.45, 2.75) is 91.0 Å². The molecule has 15 heteroatoms. The van der Waals surface area contributed by atoms with E-state index in [4.69, 9.17) is 18.9 Å². The maximum absolute atomic E-state index is 14.5. The molecule has 5 atom stereocenters. The molecule has 334 valence electrons. The van der Waals surface area contributed by atoms with Crippen LogP contribution in [-0.2, 0) is 45.2 Å². The van der Waals surface area contributed by atoms with Crippen LogP contribution in [0, 0.1) is 11.3 Å². The fourth-order valence-corrected chi connectivity index (χ4v) is 6.64. The zero-order valence-corrected chi connectivity index (χ0v) is 36.7. The SMILES string of the molecule is COc1cc(CN[C@@H](C(=O)N[C@H](C(=O)NCc2ccc(OC)cc2O)C(C)C)[C@@H](O)[C@H](Cc2ccccc2)NC(=O)[C@@H](NC(=O)OCc2ccccc2)C(C)(C)C)cc(OC)c1. The van der Waals surface area contributed by atoms with E-state index in [2.05, 4.69) is 26.6 Å². The number of carbonyl (C=O) groups is 4. The molecule has 4 amide bonds. The third-order valence-electron chi connectivity index (χ3n) is 10.2. The first-order valence-electron chi connectivity index (χ1n) is 20.4. The topological polar surface area (TPSA) is 206 Å². The van der Waals surface area contributed by atoms with Crippen LogP contribution < -0.4 is 40.8 Å². The van der Waals surface area contributed by atoms with Crippen LogP contribution in [0.3, 0.4) is 0 Å². The Labute approximate surface area is 363 Å². The highest BCUT2D eigenvalue weighted by Crippen LogP contribution is 2.25. The molecule has 0 heterocycles. The van der Waals surface area contributed by atoms with Gasteiger partial charge in [-0.25, -0.2) is 4.79 Å². The van der Waals surface area contributed by atoms with Crippen molar-refractivity contribution in [3.8, 4) is 23.0 Å². The van der Waals surface area contributed by atoms with Gasteiger partial charge >= 0.3 is 6.09 Å². The number of nitrogens with one attached hydrogen (secondary N) is 5. The van der Waals surface area contributed by atoms with Crippen molar-refractivity contribution >= 4 is 23.8 Å². The summed E-state index contributed by atoms with van der Waals surface area (Å²) in [4.78, 5) is 55.6. The van der Waals surface area contributed by atoms with Crippen LogP contribution in [0.2, 0.25) is 0 Å². The molecule has 0 bridgehead atoms. The first-order valence-corrected chi connectivity index (χ1v) is 20.4. The zero-order chi connectivity index (χ0) is 45.4. The minimum Gasteiger partial charge on any atom is -0.507 e. The van der Waals surface area contributed by atoms with Gasteiger partial charge in [-0.05, 0) is 58.7 Å². The summed E-state index contributed by atoms with van der Waals surface area (Å²) in [6, 6.07) is 23.4. The number of aliphatic hydroxyl groups excluding tert-OH is 1. The number of hydrogen-bond donors (Lipinski definition) is 7. The van der Waals surface area contributed by atoms with Gasteiger partial charge in [0.15, 0.2) is 0 Å². The van der Waals surface area contributed by atoms with E-state index in [1.165, 1.54) is 27.4 Å². The van der Waals surface area contributed by atoms with Crippen molar-refractivity contribution in [2.75, 3.05) is 21.3 Å². The van der Waals surface area contributed by atoms with Crippen molar-refractivity contribution in [3.05, 3.63) is 119 Å². The van der Waals surface area contributed by atoms with Crippen molar-refractivity contribution < 1.29 is 48.3 Å². The smallest absolute Gasteiger partial charge is 0.408 e. The summed E-state index contributed by atoms with van der Waals surface area (Å²) in [6.45, 7) is 8.86. The fourth-order valence-electron chi connectivity index (χ4n) is 6.64. The summed E-state index contributed by atoms with van der Waals surface area (Å²) in [5, 5.41) is 37.3. The number of aliphatic hydroxyl groups is 1. The van der Waals surface area contributed by atoms with E-state index >= 15 is 0 Å². The predicted molar refractivity (Wildman–Crippen MR) is 235 cm³/mol. The lowest BCUT2D eigenvalue weighted by molar-refractivity contribution is -0.134. The molecule has 0 aromatic heterocycles. The number of phenols is 1. The molecule has 0 saturated heterocycles. The Kier molecular flexibility index (Phi) is 18.0. The van der Waals surface area contributed by atoms with E-state index in [0.717, 1.165) is 11.1 Å². The summed E-state index contributed by atoms with van der Waals surface area (Å²) in [6.07, 6.45) is -2.33. The maximum atomic E-state index is 14.5. The van der Waals surface area contributed by atoms with Gasteiger partial charge in [0.05, 0.1) is 33.5 Å². The minimum atomic E-state index is -1.61. The number of carbonyl (C=O) groups excluding carboxylic acids is 4. The Balaban J connectivity index is 1.65. The molecule has 0 unspecified atom stereocenters. The van der Waals surface area contributed by atoms with Gasteiger partial charge in [-0.2, -0.15) is 0 Å². The lowest BCUT2D eigenvalue weighted by atomic mass is 9.85. The van der Waals surface area contributed by atoms with E-state index in [-0.39, 0.29) is 31.9 Å². The van der Waals surface area contributed by atoms with Crippen LogP contribution in [0.1, 0.15) is 56.9 Å². The van der Waals surface area contributed by atoms with Crippen LogP contribution in [0.25, 0.3) is 0 Å². The molecule has 4 aromatic carbocycles. The molecule has 0 fully saturated rings. The predicted octanol–water partition coefficient (Wildman–Crippen LogP) is 4.76. The molecule has 0 aliphatic heterocycles. The third kappa shape index (κ3) is 14.4. The molecule has 15 nitrogen and oxygen atoms in total. The van der Waals surface area contributed by atoms with Crippen LogP contribution in [-0.4, -0.2) is 85.6 Å². The molecular formula is C47H61N5O10. The average Bonchev–Trinajstić information content (AvgIpc) is 3.25. The Bertz CT molecular complexity index is 2050. The van der Waals surface area contributed by atoms with Crippen molar-refractivity contribution in [3.63, 3.8) is 0 Å². The van der Waals surface area contributed by atoms with Gasteiger partial charge in [-0.3, -0.25) is 19.7 Å². The molecule has 0 spiro atoms. The molecule has 0 radical (unpaired) electrons. The Hall–Kier alpha value is -6.32. The van der Waals surface area contributed by atoms with Gasteiger partial charge in [0, 0.05) is 30.8 Å². The number of alkyl carbamates (subject to hydrolysis) is 1. The Morgan fingerprint density at radius 2 is 1.24 bits per heavy atom. The highest BCUT2D eigenvalue weighted by Gasteiger charge is 2.40. The average molecular weight is 856 g/mol. The summed E-state index contributed by atoms with van der Waals surface area (Å²) in [5.74, 6) is -0.911. The Morgan fingerprint density at radius 1 is 0.645 bits per heavy atom. The molecular weight excluding hydrogens is 795 g/mol. The number of hydrogen-bond acceptors (Lipinski definition) is 11. The van der Waals surface area contributed by atoms with Gasteiger partial charge in [0.25, 0.3) is 0 Å². The van der Waals surface area contributed by atoms with Crippen LogP contribution in [0.5, 0.6) is 23.0 Å². The first-order chi connectivity index (χ1) is 29.5. The van der Waals surface area contributed by atoms with E-state index in [1.807, 2.05) is 60.7 Å².